The van der Waals surface area contributed by atoms with E-state index in [4.69, 9.17) is 0 Å². The summed E-state index contributed by atoms with van der Waals surface area (Å²) in [6.07, 6.45) is 3.65. The first-order valence-corrected chi connectivity index (χ1v) is 7.57. The van der Waals surface area contributed by atoms with E-state index in [1.54, 1.807) is 18.3 Å². The highest BCUT2D eigenvalue weighted by atomic mass is 79.9. The molecule has 1 N–H and O–H groups in total. The number of aromatic nitrogens is 1. The minimum absolute atomic E-state index is 0.232. The van der Waals surface area contributed by atoms with Crippen LogP contribution in [0, 0.1) is 0 Å². The molecule has 0 aliphatic carbocycles. The van der Waals surface area contributed by atoms with E-state index >= 15 is 0 Å². The number of halogens is 1. The summed E-state index contributed by atoms with van der Waals surface area (Å²) in [4.78, 5) is 12.0. The molecule has 0 bridgehead atoms. The molecule has 4 nitrogen and oxygen atoms in total. The van der Waals surface area contributed by atoms with Crippen LogP contribution in [0.15, 0.2) is 64.3 Å². The zero-order chi connectivity index (χ0) is 15.5. The number of benzene rings is 2. The second-order valence-corrected chi connectivity index (χ2v) is 5.83. The fourth-order valence-electron chi connectivity index (χ4n) is 2.30. The van der Waals surface area contributed by atoms with Gasteiger partial charge in [-0.1, -0.05) is 34.1 Å². The number of carbonyl (C=O) groups excluding carboxylic acids is 1. The van der Waals surface area contributed by atoms with Crippen LogP contribution in [0.25, 0.3) is 10.9 Å². The van der Waals surface area contributed by atoms with Gasteiger partial charge in [-0.25, -0.2) is 5.43 Å². The van der Waals surface area contributed by atoms with Crippen molar-refractivity contribution in [1.82, 2.24) is 9.99 Å². The molecule has 0 radical (unpaired) electrons. The highest BCUT2D eigenvalue weighted by Gasteiger charge is 2.05. The summed E-state index contributed by atoms with van der Waals surface area (Å²) in [7, 11) is 1.99. The molecule has 0 unspecified atom stereocenters. The Balaban J connectivity index is 1.76. The lowest BCUT2D eigenvalue weighted by molar-refractivity contribution is 0.0955. The van der Waals surface area contributed by atoms with E-state index in [2.05, 4.69) is 26.5 Å². The summed E-state index contributed by atoms with van der Waals surface area (Å²) in [5.74, 6) is -0.232. The molecule has 110 valence electrons. The van der Waals surface area contributed by atoms with Crippen LogP contribution < -0.4 is 5.43 Å². The molecule has 0 aliphatic heterocycles. The van der Waals surface area contributed by atoms with Gasteiger partial charge in [-0.05, 0) is 30.3 Å². The molecule has 1 heterocycles. The number of aryl methyl sites for hydroxylation is 1. The summed E-state index contributed by atoms with van der Waals surface area (Å²) in [5.41, 5.74) is 5.21. The molecule has 1 amide bonds. The van der Waals surface area contributed by atoms with E-state index in [1.165, 1.54) is 0 Å². The fraction of sp³-hybridized carbons (Fsp3) is 0.0588. The van der Waals surface area contributed by atoms with Crippen molar-refractivity contribution in [3.05, 3.63) is 70.3 Å². The predicted molar refractivity (Wildman–Crippen MR) is 92.1 cm³/mol. The first-order valence-electron chi connectivity index (χ1n) is 6.78. The van der Waals surface area contributed by atoms with Gasteiger partial charge < -0.3 is 4.57 Å². The van der Waals surface area contributed by atoms with Gasteiger partial charge in [0.15, 0.2) is 0 Å². The smallest absolute Gasteiger partial charge is 0.271 e. The number of nitrogens with zero attached hydrogens (tertiary/aromatic N) is 2. The maximum absolute atomic E-state index is 12.0. The third kappa shape index (κ3) is 2.94. The molecule has 1 aromatic heterocycles. The van der Waals surface area contributed by atoms with Crippen LogP contribution in [-0.4, -0.2) is 16.7 Å². The SMILES string of the molecule is Cn1cc(/C=N\NC(=O)c2ccc(Br)cc2)c2ccccc21. The van der Waals surface area contributed by atoms with Gasteiger partial charge in [0.2, 0.25) is 0 Å². The molecular weight excluding hydrogens is 342 g/mol. The fourth-order valence-corrected chi connectivity index (χ4v) is 2.57. The van der Waals surface area contributed by atoms with E-state index in [1.807, 2.05) is 54.2 Å². The average molecular weight is 356 g/mol. The highest BCUT2D eigenvalue weighted by Crippen LogP contribution is 2.18. The molecule has 0 aliphatic rings. The van der Waals surface area contributed by atoms with Crippen molar-refractivity contribution in [2.75, 3.05) is 0 Å². The van der Waals surface area contributed by atoms with E-state index in [0.717, 1.165) is 20.9 Å². The molecule has 5 heteroatoms. The number of hydrogen-bond acceptors (Lipinski definition) is 2. The molecule has 0 fully saturated rings. The third-order valence-corrected chi connectivity index (χ3v) is 3.93. The van der Waals surface area contributed by atoms with Crippen molar-refractivity contribution in [2.24, 2.45) is 12.1 Å². The minimum Gasteiger partial charge on any atom is -0.350 e. The van der Waals surface area contributed by atoms with Gasteiger partial charge in [-0.2, -0.15) is 5.10 Å². The lowest BCUT2D eigenvalue weighted by Crippen LogP contribution is -2.17. The van der Waals surface area contributed by atoms with Crippen molar-refractivity contribution in [1.29, 1.82) is 0 Å². The standard InChI is InChI=1S/C17H14BrN3O/c1-21-11-13(15-4-2-3-5-16(15)21)10-19-20-17(22)12-6-8-14(18)9-7-12/h2-11H,1H3,(H,20,22)/b19-10-. The van der Waals surface area contributed by atoms with Crippen LogP contribution in [0.1, 0.15) is 15.9 Å². The van der Waals surface area contributed by atoms with Crippen molar-refractivity contribution in [3.8, 4) is 0 Å². The lowest BCUT2D eigenvalue weighted by atomic mass is 10.2. The number of rotatable bonds is 3. The Bertz CT molecular complexity index is 850. The quantitative estimate of drug-likeness (QED) is 0.565. The number of fused-ring (bicyclic) bond motifs is 1. The van der Waals surface area contributed by atoms with Crippen molar-refractivity contribution in [3.63, 3.8) is 0 Å². The first-order chi connectivity index (χ1) is 10.6. The molecule has 0 saturated heterocycles. The average Bonchev–Trinajstić information content (AvgIpc) is 2.85. The van der Waals surface area contributed by atoms with Gasteiger partial charge in [0, 0.05) is 39.7 Å². The summed E-state index contributed by atoms with van der Waals surface area (Å²) in [6.45, 7) is 0. The normalized spacial score (nSPS) is 11.2. The maximum atomic E-state index is 12.0. The zero-order valence-electron chi connectivity index (χ0n) is 12.0. The Morgan fingerprint density at radius 3 is 2.68 bits per heavy atom. The minimum atomic E-state index is -0.232. The van der Waals surface area contributed by atoms with E-state index in [9.17, 15) is 4.79 Å². The van der Waals surface area contributed by atoms with Gasteiger partial charge in [-0.3, -0.25) is 4.79 Å². The molecule has 3 rings (SSSR count). The Labute approximate surface area is 136 Å². The topological polar surface area (TPSA) is 46.4 Å². The van der Waals surface area contributed by atoms with Crippen molar-refractivity contribution < 1.29 is 4.79 Å². The summed E-state index contributed by atoms with van der Waals surface area (Å²) >= 11 is 3.34. The Hall–Kier alpha value is -2.40. The number of para-hydroxylation sites is 1. The second kappa shape index (κ2) is 6.15. The number of amides is 1. The lowest BCUT2D eigenvalue weighted by Gasteiger charge is -1.99. The number of hydrogen-bond donors (Lipinski definition) is 1. The van der Waals surface area contributed by atoms with Crippen molar-refractivity contribution in [2.45, 2.75) is 0 Å². The number of hydrazone groups is 1. The first kappa shape index (κ1) is 14.5. The van der Waals surface area contributed by atoms with Gasteiger partial charge in [0.05, 0.1) is 6.21 Å². The van der Waals surface area contributed by atoms with E-state index < -0.39 is 0 Å². The van der Waals surface area contributed by atoms with Gasteiger partial charge in [0.25, 0.3) is 5.91 Å². The largest absolute Gasteiger partial charge is 0.350 e. The van der Waals surface area contributed by atoms with Crippen LogP contribution in [0.4, 0.5) is 0 Å². The van der Waals surface area contributed by atoms with Gasteiger partial charge in [0.1, 0.15) is 0 Å². The molecule has 22 heavy (non-hydrogen) atoms. The Kier molecular flexibility index (Phi) is 4.06. The molecule has 0 saturated carbocycles. The summed E-state index contributed by atoms with van der Waals surface area (Å²) in [6, 6.07) is 15.2. The monoisotopic (exact) mass is 355 g/mol. The second-order valence-electron chi connectivity index (χ2n) is 4.92. The molecule has 2 aromatic carbocycles. The number of nitrogens with one attached hydrogen (secondary N) is 1. The highest BCUT2D eigenvalue weighted by molar-refractivity contribution is 9.10. The van der Waals surface area contributed by atoms with E-state index in [-0.39, 0.29) is 5.91 Å². The molecule has 3 aromatic rings. The molecular formula is C17H14BrN3O. The maximum Gasteiger partial charge on any atom is 0.271 e. The Morgan fingerprint density at radius 1 is 1.18 bits per heavy atom. The van der Waals surface area contributed by atoms with Crippen LogP contribution in [0.5, 0.6) is 0 Å². The zero-order valence-corrected chi connectivity index (χ0v) is 13.5. The van der Waals surface area contributed by atoms with Crippen molar-refractivity contribution >= 4 is 39.0 Å². The summed E-state index contributed by atoms with van der Waals surface area (Å²) < 4.78 is 2.97. The predicted octanol–water partition coefficient (Wildman–Crippen LogP) is 3.70. The molecule has 0 atom stereocenters. The number of carbonyl (C=O) groups is 1. The van der Waals surface area contributed by atoms with Crippen LogP contribution >= 0.6 is 15.9 Å². The van der Waals surface area contributed by atoms with E-state index in [0.29, 0.717) is 5.56 Å². The van der Waals surface area contributed by atoms with Gasteiger partial charge >= 0.3 is 0 Å². The van der Waals surface area contributed by atoms with Crippen LogP contribution in [0.3, 0.4) is 0 Å². The van der Waals surface area contributed by atoms with Crippen LogP contribution in [0.2, 0.25) is 0 Å². The summed E-state index contributed by atoms with van der Waals surface area (Å²) in [5, 5.41) is 5.16. The Morgan fingerprint density at radius 2 is 1.91 bits per heavy atom. The van der Waals surface area contributed by atoms with Gasteiger partial charge in [-0.15, -0.1) is 0 Å². The van der Waals surface area contributed by atoms with Crippen LogP contribution in [-0.2, 0) is 7.05 Å². The molecule has 0 spiro atoms. The third-order valence-electron chi connectivity index (χ3n) is 3.40.